The number of carbonyl (C=O) groups excluding carboxylic acids is 2. The number of rotatable bonds is 20. The van der Waals surface area contributed by atoms with E-state index >= 15 is 0 Å². The third-order valence-corrected chi connectivity index (χ3v) is 23.0. The van der Waals surface area contributed by atoms with Gasteiger partial charge in [-0.05, 0) is 145 Å². The first-order valence-corrected chi connectivity index (χ1v) is 34.1. The fourth-order valence-corrected chi connectivity index (χ4v) is 16.9. The van der Waals surface area contributed by atoms with Crippen molar-refractivity contribution < 1.29 is 56.6 Å². The van der Waals surface area contributed by atoms with E-state index in [0.717, 1.165) is 63.9 Å². The van der Waals surface area contributed by atoms with Crippen LogP contribution in [0.3, 0.4) is 0 Å². The lowest BCUT2D eigenvalue weighted by atomic mass is 9.79. The van der Waals surface area contributed by atoms with Gasteiger partial charge in [0, 0.05) is 36.3 Å². The van der Waals surface area contributed by atoms with E-state index in [-0.39, 0.29) is 46.4 Å². The summed E-state index contributed by atoms with van der Waals surface area (Å²) in [6.45, 7) is 38.6. The zero-order valence-corrected chi connectivity index (χ0v) is 53.4. The van der Waals surface area contributed by atoms with Crippen molar-refractivity contribution in [2.75, 3.05) is 0 Å². The molecule has 0 aromatic rings. The second-order valence-electron chi connectivity index (χ2n) is 24.7. The molecule has 2 saturated heterocycles. The van der Waals surface area contributed by atoms with Crippen LogP contribution in [0.1, 0.15) is 224 Å². The molecule has 6 rings (SSSR count). The predicted octanol–water partition coefficient (Wildman–Crippen LogP) is 15.1. The van der Waals surface area contributed by atoms with Crippen LogP contribution in [0.4, 0.5) is 0 Å². The highest BCUT2D eigenvalue weighted by molar-refractivity contribution is 6.62. The Kier molecular flexibility index (Phi) is 35.4. The Labute approximate surface area is 478 Å². The molecule has 6 fully saturated rings. The second kappa shape index (κ2) is 37.6. The molecule has 0 spiro atoms. The topological polar surface area (TPSA) is 170 Å². The van der Waals surface area contributed by atoms with Crippen molar-refractivity contribution in [1.29, 1.82) is 0 Å². The maximum atomic E-state index is 10.2. The zero-order valence-electron chi connectivity index (χ0n) is 51.4. The molecule has 452 valence electrons. The summed E-state index contributed by atoms with van der Waals surface area (Å²) in [4.78, 5) is 20.3. The number of allylic oxidation sites excluding steroid dienone is 4. The number of aldehydes is 2. The Morgan fingerprint density at radius 3 is 1.27 bits per heavy atom. The van der Waals surface area contributed by atoms with Crippen LogP contribution in [0.15, 0.2) is 75.3 Å². The van der Waals surface area contributed by atoms with Gasteiger partial charge >= 0.3 is 17.6 Å². The van der Waals surface area contributed by atoms with Gasteiger partial charge in [-0.15, -0.1) is 19.7 Å². The van der Waals surface area contributed by atoms with E-state index in [1.54, 1.807) is 24.5 Å². The van der Waals surface area contributed by atoms with E-state index in [2.05, 4.69) is 26.3 Å². The van der Waals surface area contributed by atoms with E-state index in [0.29, 0.717) is 48.6 Å². The molecule has 0 bridgehead atoms. The lowest BCUT2D eigenvalue weighted by Crippen LogP contribution is -2.41. The number of hydrogen-bond donors (Lipinski definition) is 4. The van der Waals surface area contributed by atoms with E-state index < -0.39 is 29.8 Å². The maximum Gasteiger partial charge on any atom is 0.570 e. The summed E-state index contributed by atoms with van der Waals surface area (Å²) in [5.41, 5.74) is -1.37. The Morgan fingerprint density at radius 1 is 0.538 bits per heavy atom. The molecule has 12 nitrogen and oxygen atoms in total. The largest absolute Gasteiger partial charge is 0.570 e. The van der Waals surface area contributed by atoms with Crippen molar-refractivity contribution in [1.82, 2.24) is 0 Å². The summed E-state index contributed by atoms with van der Waals surface area (Å²) in [5.74, 6) is 1.65. The first kappa shape index (κ1) is 73.5. The van der Waals surface area contributed by atoms with Crippen molar-refractivity contribution in [2.24, 2.45) is 35.5 Å². The minimum atomic E-state index is -2.63. The third kappa shape index (κ3) is 25.7. The van der Waals surface area contributed by atoms with Crippen LogP contribution in [0.2, 0.25) is 12.1 Å². The molecule has 2 aliphatic heterocycles. The Bertz CT molecular complexity index is 1610. The lowest BCUT2D eigenvalue weighted by molar-refractivity contribution is -0.112. The van der Waals surface area contributed by atoms with E-state index in [1.807, 2.05) is 101 Å². The summed E-state index contributed by atoms with van der Waals surface area (Å²) in [5, 5.41) is 39.7. The average molecular weight is 1130 g/mol. The van der Waals surface area contributed by atoms with Gasteiger partial charge in [-0.25, -0.2) is 0 Å². The molecule has 14 heteroatoms. The quantitative estimate of drug-likeness (QED) is 0.0394. The summed E-state index contributed by atoms with van der Waals surface area (Å²) in [6, 6.07) is 1.31. The highest BCUT2D eigenvalue weighted by Crippen LogP contribution is 2.45. The number of hydrogen-bond acceptors (Lipinski definition) is 12. The van der Waals surface area contributed by atoms with Crippen molar-refractivity contribution in [2.45, 2.75) is 283 Å². The second-order valence-corrected chi connectivity index (χ2v) is 29.6. The van der Waals surface area contributed by atoms with Gasteiger partial charge in [-0.3, -0.25) is 0 Å². The van der Waals surface area contributed by atoms with Crippen LogP contribution in [0, 0.1) is 35.5 Å². The summed E-state index contributed by atoms with van der Waals surface area (Å²) in [6.07, 6.45) is 40.2. The third-order valence-electron chi connectivity index (χ3n) is 17.2. The van der Waals surface area contributed by atoms with Crippen molar-refractivity contribution in [3.8, 4) is 0 Å². The molecule has 2 unspecified atom stereocenters. The molecule has 4 N–H and O–H groups in total. The predicted molar refractivity (Wildman–Crippen MR) is 324 cm³/mol. The number of carbonyl (C=O) groups is 2. The Balaban J connectivity index is 0.000000476. The Morgan fingerprint density at radius 2 is 0.936 bits per heavy atom. The highest BCUT2D eigenvalue weighted by atomic mass is 28.4. The van der Waals surface area contributed by atoms with Gasteiger partial charge in [-0.2, -0.15) is 0 Å². The van der Waals surface area contributed by atoms with Crippen molar-refractivity contribution >= 4 is 30.2 Å². The van der Waals surface area contributed by atoms with Crippen LogP contribution < -0.4 is 0 Å². The zero-order chi connectivity index (χ0) is 59.1. The molecule has 4 saturated carbocycles. The summed E-state index contributed by atoms with van der Waals surface area (Å²) >= 11 is 0. The number of aliphatic hydroxyl groups excluding tert-OH is 4. The minimum absolute atomic E-state index is 0.0360. The minimum Gasteiger partial charge on any atom is -0.508 e. The van der Waals surface area contributed by atoms with Gasteiger partial charge < -0.3 is 56.6 Å². The summed E-state index contributed by atoms with van der Waals surface area (Å²) in [7, 11) is -5.26. The van der Waals surface area contributed by atoms with Crippen LogP contribution in [0.25, 0.3) is 0 Å². The molecule has 0 aromatic carbocycles. The van der Waals surface area contributed by atoms with E-state index in [1.165, 1.54) is 83.3 Å². The molecule has 78 heavy (non-hydrogen) atoms. The lowest BCUT2D eigenvalue weighted by Gasteiger charge is -2.32. The smallest absolute Gasteiger partial charge is 0.508 e. The van der Waals surface area contributed by atoms with Crippen LogP contribution >= 0.6 is 0 Å². The highest BCUT2D eigenvalue weighted by Gasteiger charge is 2.63. The molecular weight excluding hydrogens is 1020 g/mol. The van der Waals surface area contributed by atoms with Gasteiger partial charge in [0.25, 0.3) is 0 Å². The Hall–Kier alpha value is -2.51. The fraction of sp³-hybridized carbons (Fsp3) is 0.781. The first-order chi connectivity index (χ1) is 36.7. The SMILES string of the molecule is C=CC[C@H](O)[C@H](C)C(O)C1CCCCC1.C=CC[Si]1(O/C=C\C)OC(C)(C)C(C)(C)O1.C=CO[Si]1(C/C=C/C)OC(C)(C)C(C)(C)O1.C=C[C@@H](C)[C@H](O)CC(O)C1CCCCC1.O=CC1CCCCC1.O=CC1CCCCC1. The normalized spacial score (nSPS) is 24.7. The average Bonchev–Trinajstić information content (AvgIpc) is 3.75. The van der Waals surface area contributed by atoms with Gasteiger partial charge in [0.05, 0.1) is 59.3 Å². The molecule has 6 aliphatic rings. The molecule has 4 aliphatic carbocycles. The molecule has 2 heterocycles. The molecule has 6 atom stereocenters. The molecular formula is C64H116O12Si2. The maximum absolute atomic E-state index is 10.2. The standard InChI is InChI=1S/2C13H24O2.2C12H22O3Si.2C7H12O/c1-3-10(2)12(14)9-13(15)11-7-5-4-6-8-11;1-3-7-12(14)10(2)13(15)11-8-5-4-6-9-11;1-7-9-10-16(13-8-2)14-11(3,4)12(5,6)15-16;1-7-9-13-16(10-8-2)14-11(3,4)12(5,6)15-16;2*8-6-7-4-2-1-3-5-7/h2*3,10-15H,1,4-9H2,2H3;2*7-9H,2,10H2,1,3-6H3;2*6-7H,1-5H2/b;;9-7+;9-7-;;/t2*10-,12-,13?;;;;/m10..../s1. The van der Waals surface area contributed by atoms with Crippen molar-refractivity contribution in [3.05, 3.63) is 75.3 Å². The van der Waals surface area contributed by atoms with Crippen molar-refractivity contribution in [3.63, 3.8) is 0 Å². The van der Waals surface area contributed by atoms with Crippen LogP contribution in [0.5, 0.6) is 0 Å². The van der Waals surface area contributed by atoms with E-state index in [4.69, 9.17) is 26.6 Å². The molecule has 0 radical (unpaired) electrons. The monoisotopic (exact) mass is 1130 g/mol. The summed E-state index contributed by atoms with van der Waals surface area (Å²) < 4.78 is 35.5. The van der Waals surface area contributed by atoms with Gasteiger partial charge in [0.1, 0.15) is 12.6 Å². The van der Waals surface area contributed by atoms with E-state index in [9.17, 15) is 30.0 Å². The van der Waals surface area contributed by atoms with Crippen LogP contribution in [-0.4, -0.2) is 97.4 Å². The van der Waals surface area contributed by atoms with Gasteiger partial charge in [-0.1, -0.05) is 134 Å². The van der Waals surface area contributed by atoms with Gasteiger partial charge in [0.15, 0.2) is 0 Å². The van der Waals surface area contributed by atoms with Crippen LogP contribution in [-0.2, 0) is 36.1 Å². The fourth-order valence-electron chi connectivity index (χ4n) is 10.6. The molecule has 0 amide bonds. The first-order valence-electron chi connectivity index (χ1n) is 30.2. The number of aliphatic hydroxyl groups is 4. The molecule has 0 aromatic heterocycles. The van der Waals surface area contributed by atoms with Gasteiger partial charge in [0.2, 0.25) is 0 Å².